The number of benzene rings is 2. The van der Waals surface area contributed by atoms with Gasteiger partial charge < -0.3 is 10.6 Å². The number of nitrogens with one attached hydrogen (secondary N) is 4. The number of rotatable bonds is 9. The monoisotopic (exact) mass is 543 g/mol. The van der Waals surface area contributed by atoms with Crippen LogP contribution in [0.4, 0.5) is 0 Å². The maximum absolute atomic E-state index is 12.5. The van der Waals surface area contributed by atoms with Crippen molar-refractivity contribution in [1.82, 2.24) is 25.8 Å². The highest BCUT2D eigenvalue weighted by Gasteiger charge is 2.23. The molecule has 0 spiro atoms. The van der Waals surface area contributed by atoms with Crippen LogP contribution in [-0.2, 0) is 24.4 Å². The third kappa shape index (κ3) is 8.51. The van der Waals surface area contributed by atoms with E-state index in [0.29, 0.717) is 5.02 Å². The van der Waals surface area contributed by atoms with Gasteiger partial charge in [0.1, 0.15) is 0 Å². The van der Waals surface area contributed by atoms with Gasteiger partial charge in [0.05, 0.1) is 35.1 Å². The van der Waals surface area contributed by atoms with Crippen molar-refractivity contribution in [3.63, 3.8) is 0 Å². The van der Waals surface area contributed by atoms with E-state index in [0.717, 1.165) is 9.87 Å². The van der Waals surface area contributed by atoms with E-state index in [-0.39, 0.29) is 15.5 Å². The molecule has 0 aromatic heterocycles. The van der Waals surface area contributed by atoms with Crippen LogP contribution < -0.4 is 21.5 Å². The summed E-state index contributed by atoms with van der Waals surface area (Å²) in [5.41, 5.74) is 5.12. The van der Waals surface area contributed by atoms with Crippen LogP contribution in [0.1, 0.15) is 15.9 Å². The van der Waals surface area contributed by atoms with Gasteiger partial charge >= 0.3 is 0 Å². The Morgan fingerprint density at radius 2 is 1.46 bits per heavy atom. The smallest absolute Gasteiger partial charge is 0.257 e. The van der Waals surface area contributed by atoms with Gasteiger partial charge in [0, 0.05) is 12.1 Å². The highest BCUT2D eigenvalue weighted by atomic mass is 35.5. The summed E-state index contributed by atoms with van der Waals surface area (Å²) < 4.78 is 25.8. The number of aryl methyl sites for hydroxylation is 1. The molecule has 0 aliphatic heterocycles. The summed E-state index contributed by atoms with van der Waals surface area (Å²) >= 11 is 11.7. The van der Waals surface area contributed by atoms with E-state index >= 15 is 0 Å². The average Bonchev–Trinajstić information content (AvgIpc) is 2.80. The fourth-order valence-electron chi connectivity index (χ4n) is 2.57. The van der Waals surface area contributed by atoms with Crippen LogP contribution in [0.15, 0.2) is 47.4 Å². The van der Waals surface area contributed by atoms with Gasteiger partial charge in [0.15, 0.2) is 0 Å². The van der Waals surface area contributed by atoms with Crippen molar-refractivity contribution < 1.29 is 27.6 Å². The molecule has 11 nitrogen and oxygen atoms in total. The summed E-state index contributed by atoms with van der Waals surface area (Å²) in [4.78, 5) is 47.8. The van der Waals surface area contributed by atoms with Gasteiger partial charge in [-0.1, -0.05) is 40.9 Å². The Kier molecular flexibility index (Phi) is 10.0. The topological polar surface area (TPSA) is 154 Å². The number of amides is 4. The number of sulfonamides is 1. The second-order valence-electron chi connectivity index (χ2n) is 7.25. The predicted octanol–water partition coefficient (Wildman–Crippen LogP) is 0.616. The molecule has 0 heterocycles. The molecule has 2 rings (SSSR count). The number of hydrazine groups is 1. The van der Waals surface area contributed by atoms with Crippen molar-refractivity contribution in [2.45, 2.75) is 11.8 Å². The molecule has 35 heavy (non-hydrogen) atoms. The van der Waals surface area contributed by atoms with Crippen molar-refractivity contribution in [2.75, 3.05) is 26.7 Å². The standard InChI is InChI=1S/C21H23Cl2N5O6S/c1-13-3-6-15(7-4-13)35(33,34)28(2)12-20(31)27-26-19(30)11-24-18(29)10-25-21(32)16-8-5-14(22)9-17(16)23/h3-9H,10-12H2,1-2H3,(H,24,29)(H,25,32)(H,26,30)(H,27,31). The molecule has 2 aromatic rings. The van der Waals surface area contributed by atoms with Gasteiger partial charge in [-0.05, 0) is 37.3 Å². The molecule has 4 N–H and O–H groups in total. The Labute approximate surface area is 212 Å². The third-order valence-electron chi connectivity index (χ3n) is 4.47. The maximum Gasteiger partial charge on any atom is 0.257 e. The zero-order valence-electron chi connectivity index (χ0n) is 18.7. The Balaban J connectivity index is 1.72. The van der Waals surface area contributed by atoms with Crippen LogP contribution in [0.5, 0.6) is 0 Å². The normalized spacial score (nSPS) is 11.0. The maximum atomic E-state index is 12.5. The van der Waals surface area contributed by atoms with Crippen molar-refractivity contribution in [2.24, 2.45) is 0 Å². The molecule has 0 saturated heterocycles. The molecule has 0 atom stereocenters. The zero-order valence-corrected chi connectivity index (χ0v) is 21.1. The minimum absolute atomic E-state index is 0.0237. The quantitative estimate of drug-likeness (QED) is 0.340. The van der Waals surface area contributed by atoms with Gasteiger partial charge in [-0.3, -0.25) is 30.0 Å². The number of hydrogen-bond acceptors (Lipinski definition) is 6. The van der Waals surface area contributed by atoms with Crippen LogP contribution in [0.3, 0.4) is 0 Å². The van der Waals surface area contributed by atoms with Crippen molar-refractivity contribution in [1.29, 1.82) is 0 Å². The van der Waals surface area contributed by atoms with Crippen LogP contribution in [0.2, 0.25) is 10.0 Å². The van der Waals surface area contributed by atoms with E-state index in [9.17, 15) is 27.6 Å². The molecule has 0 aliphatic carbocycles. The highest BCUT2D eigenvalue weighted by Crippen LogP contribution is 2.20. The molecule has 0 radical (unpaired) electrons. The lowest BCUT2D eigenvalue weighted by atomic mass is 10.2. The van der Waals surface area contributed by atoms with Gasteiger partial charge in [-0.15, -0.1) is 0 Å². The number of likely N-dealkylation sites (N-methyl/N-ethyl adjacent to an activating group) is 1. The summed E-state index contributed by atoms with van der Waals surface area (Å²) in [5.74, 6) is -2.85. The number of carbonyl (C=O) groups is 4. The molecule has 0 aliphatic rings. The first-order valence-corrected chi connectivity index (χ1v) is 12.2. The van der Waals surface area contributed by atoms with Crippen LogP contribution in [0.25, 0.3) is 0 Å². The minimum atomic E-state index is -3.90. The second-order valence-corrected chi connectivity index (χ2v) is 10.1. The molecule has 0 fully saturated rings. The number of halogens is 2. The Hall–Kier alpha value is -3.19. The van der Waals surface area contributed by atoms with Crippen LogP contribution in [-0.4, -0.2) is 63.0 Å². The number of hydrogen-bond donors (Lipinski definition) is 4. The first-order valence-electron chi connectivity index (χ1n) is 10.0. The molecule has 2 aromatic carbocycles. The summed E-state index contributed by atoms with van der Waals surface area (Å²) in [7, 11) is -2.67. The van der Waals surface area contributed by atoms with E-state index in [1.54, 1.807) is 12.1 Å². The molecular formula is C21H23Cl2N5O6S. The predicted molar refractivity (Wildman–Crippen MR) is 129 cm³/mol. The molecular weight excluding hydrogens is 521 g/mol. The number of carbonyl (C=O) groups excluding carboxylic acids is 4. The summed E-state index contributed by atoms with van der Waals surface area (Å²) in [5, 5.41) is 5.06. The Morgan fingerprint density at radius 3 is 2.09 bits per heavy atom. The van der Waals surface area contributed by atoms with E-state index in [1.807, 2.05) is 6.92 Å². The van der Waals surface area contributed by atoms with E-state index in [1.165, 1.54) is 37.4 Å². The van der Waals surface area contributed by atoms with Gasteiger partial charge in [0.25, 0.3) is 17.7 Å². The largest absolute Gasteiger partial charge is 0.345 e. The lowest BCUT2D eigenvalue weighted by Gasteiger charge is -2.17. The summed E-state index contributed by atoms with van der Waals surface area (Å²) in [6, 6.07) is 10.4. The molecule has 188 valence electrons. The third-order valence-corrected chi connectivity index (χ3v) is 6.83. The first-order chi connectivity index (χ1) is 16.4. The van der Waals surface area contributed by atoms with Crippen molar-refractivity contribution in [3.8, 4) is 0 Å². The number of nitrogens with zero attached hydrogens (tertiary/aromatic N) is 1. The van der Waals surface area contributed by atoms with Gasteiger partial charge in [-0.25, -0.2) is 8.42 Å². The average molecular weight is 544 g/mol. The zero-order chi connectivity index (χ0) is 26.2. The first kappa shape index (κ1) is 28.1. The second kappa shape index (κ2) is 12.5. The molecule has 0 bridgehead atoms. The van der Waals surface area contributed by atoms with Crippen LogP contribution in [0, 0.1) is 6.92 Å². The Morgan fingerprint density at radius 1 is 0.857 bits per heavy atom. The summed E-state index contributed by atoms with van der Waals surface area (Å²) in [6.45, 7) is 0.321. The molecule has 4 amide bonds. The van der Waals surface area contributed by atoms with Gasteiger partial charge in [0.2, 0.25) is 15.9 Å². The lowest BCUT2D eigenvalue weighted by Crippen LogP contribution is -2.50. The van der Waals surface area contributed by atoms with Crippen molar-refractivity contribution in [3.05, 3.63) is 63.6 Å². The van der Waals surface area contributed by atoms with E-state index in [4.69, 9.17) is 23.2 Å². The van der Waals surface area contributed by atoms with E-state index < -0.39 is 53.3 Å². The fraction of sp³-hybridized carbons (Fsp3) is 0.238. The minimum Gasteiger partial charge on any atom is -0.345 e. The fourth-order valence-corrected chi connectivity index (χ4v) is 4.19. The van der Waals surface area contributed by atoms with Crippen LogP contribution >= 0.6 is 23.2 Å². The lowest BCUT2D eigenvalue weighted by molar-refractivity contribution is -0.129. The molecule has 0 saturated carbocycles. The van der Waals surface area contributed by atoms with Gasteiger partial charge in [-0.2, -0.15) is 4.31 Å². The Bertz CT molecular complexity index is 1220. The highest BCUT2D eigenvalue weighted by molar-refractivity contribution is 7.89. The summed E-state index contributed by atoms with van der Waals surface area (Å²) in [6.07, 6.45) is 0. The van der Waals surface area contributed by atoms with E-state index in [2.05, 4.69) is 21.5 Å². The molecule has 14 heteroatoms. The SMILES string of the molecule is Cc1ccc(S(=O)(=O)N(C)CC(=O)NNC(=O)CNC(=O)CNC(=O)c2ccc(Cl)cc2Cl)cc1. The van der Waals surface area contributed by atoms with Crippen molar-refractivity contribution >= 4 is 56.9 Å². The molecule has 0 unspecified atom stereocenters.